The molecule has 0 unspecified atom stereocenters. The zero-order valence-electron chi connectivity index (χ0n) is 10.5. The quantitative estimate of drug-likeness (QED) is 0.487. The smallest absolute Gasteiger partial charge is 0.270 e. The molecule has 2 rings (SSSR count). The van der Waals surface area contributed by atoms with Crippen LogP contribution in [0.5, 0.6) is 0 Å². The standard InChI is InChI=1S/C13H9BrClN3O3/c14-10-3-1-7(15)5-12(10)17-13(19)9-6-8(18(20)21)2-4-11(9)16/h1-6H,16H2,(H,17,19). The van der Waals surface area contributed by atoms with E-state index >= 15 is 0 Å². The van der Waals surface area contributed by atoms with E-state index in [1.807, 2.05) is 0 Å². The van der Waals surface area contributed by atoms with E-state index < -0.39 is 10.8 Å². The molecule has 6 nitrogen and oxygen atoms in total. The van der Waals surface area contributed by atoms with Crippen molar-refractivity contribution in [2.45, 2.75) is 0 Å². The molecule has 0 heterocycles. The topological polar surface area (TPSA) is 98.3 Å². The van der Waals surface area contributed by atoms with Crippen LogP contribution in [-0.2, 0) is 0 Å². The van der Waals surface area contributed by atoms with Crippen LogP contribution in [-0.4, -0.2) is 10.8 Å². The second kappa shape index (κ2) is 6.11. The van der Waals surface area contributed by atoms with Crippen LogP contribution < -0.4 is 11.1 Å². The lowest BCUT2D eigenvalue weighted by atomic mass is 10.1. The van der Waals surface area contributed by atoms with Gasteiger partial charge < -0.3 is 11.1 Å². The van der Waals surface area contributed by atoms with E-state index in [1.54, 1.807) is 18.2 Å². The van der Waals surface area contributed by atoms with E-state index in [2.05, 4.69) is 21.2 Å². The third-order valence-corrected chi connectivity index (χ3v) is 3.60. The van der Waals surface area contributed by atoms with Crippen LogP contribution in [0.1, 0.15) is 10.4 Å². The summed E-state index contributed by atoms with van der Waals surface area (Å²) in [6.45, 7) is 0. The van der Waals surface area contributed by atoms with E-state index in [0.29, 0.717) is 15.2 Å². The minimum atomic E-state index is -0.592. The number of carbonyl (C=O) groups excluding carboxylic acids is 1. The molecule has 1 amide bonds. The third-order valence-electron chi connectivity index (χ3n) is 2.67. The molecule has 2 aromatic carbocycles. The van der Waals surface area contributed by atoms with Crippen LogP contribution in [0.15, 0.2) is 40.9 Å². The van der Waals surface area contributed by atoms with Crippen LogP contribution in [0.4, 0.5) is 17.1 Å². The molecule has 0 aliphatic carbocycles. The molecule has 0 bridgehead atoms. The molecular weight excluding hydrogens is 362 g/mol. The SMILES string of the molecule is Nc1ccc([N+](=O)[O-])cc1C(=O)Nc1cc(Cl)ccc1Br. The van der Waals surface area contributed by atoms with Gasteiger partial charge >= 0.3 is 0 Å². The minimum Gasteiger partial charge on any atom is -0.398 e. The Morgan fingerprint density at radius 3 is 2.67 bits per heavy atom. The number of hydrogen-bond acceptors (Lipinski definition) is 4. The molecule has 0 atom stereocenters. The number of nitro groups is 1. The number of amides is 1. The highest BCUT2D eigenvalue weighted by Crippen LogP contribution is 2.27. The Labute approximate surface area is 133 Å². The lowest BCUT2D eigenvalue weighted by molar-refractivity contribution is -0.384. The monoisotopic (exact) mass is 369 g/mol. The average Bonchev–Trinajstić information content (AvgIpc) is 2.43. The van der Waals surface area contributed by atoms with Gasteiger partial charge in [0.05, 0.1) is 16.2 Å². The van der Waals surface area contributed by atoms with Crippen LogP contribution in [0.3, 0.4) is 0 Å². The fourth-order valence-corrected chi connectivity index (χ4v) is 2.16. The van der Waals surface area contributed by atoms with Gasteiger partial charge in [0.25, 0.3) is 11.6 Å². The van der Waals surface area contributed by atoms with Gasteiger partial charge in [0.15, 0.2) is 0 Å². The summed E-state index contributed by atoms with van der Waals surface area (Å²) in [5, 5.41) is 13.8. The first-order chi connectivity index (χ1) is 9.88. The largest absolute Gasteiger partial charge is 0.398 e. The first-order valence-corrected chi connectivity index (χ1v) is 6.86. The Balaban J connectivity index is 2.34. The van der Waals surface area contributed by atoms with Gasteiger partial charge in [-0.2, -0.15) is 0 Å². The summed E-state index contributed by atoms with van der Waals surface area (Å²) >= 11 is 9.13. The highest BCUT2D eigenvalue weighted by molar-refractivity contribution is 9.10. The highest BCUT2D eigenvalue weighted by atomic mass is 79.9. The molecule has 2 aromatic rings. The van der Waals surface area contributed by atoms with Gasteiger partial charge in [0.1, 0.15) is 0 Å². The van der Waals surface area contributed by atoms with Gasteiger partial charge in [-0.25, -0.2) is 0 Å². The van der Waals surface area contributed by atoms with Crippen molar-refractivity contribution in [1.29, 1.82) is 0 Å². The summed E-state index contributed by atoms with van der Waals surface area (Å²) < 4.78 is 0.629. The summed E-state index contributed by atoms with van der Waals surface area (Å²) in [7, 11) is 0. The van der Waals surface area contributed by atoms with Gasteiger partial charge in [-0.3, -0.25) is 14.9 Å². The number of halogens is 2. The molecule has 0 saturated heterocycles. The molecule has 0 aliphatic rings. The van der Waals surface area contributed by atoms with Crippen molar-refractivity contribution in [2.24, 2.45) is 0 Å². The van der Waals surface area contributed by atoms with Crippen molar-refractivity contribution in [3.8, 4) is 0 Å². The predicted octanol–water partition coefficient (Wildman–Crippen LogP) is 3.85. The Morgan fingerprint density at radius 2 is 2.00 bits per heavy atom. The number of nitrogens with one attached hydrogen (secondary N) is 1. The summed E-state index contributed by atoms with van der Waals surface area (Å²) in [5.41, 5.74) is 6.10. The number of nitrogens with zero attached hydrogens (tertiary/aromatic N) is 1. The molecule has 108 valence electrons. The van der Waals surface area contributed by atoms with Crippen molar-refractivity contribution < 1.29 is 9.72 Å². The molecule has 0 spiro atoms. The molecule has 3 N–H and O–H groups in total. The van der Waals surface area contributed by atoms with Crippen LogP contribution in [0, 0.1) is 10.1 Å². The Kier molecular flexibility index (Phi) is 4.44. The van der Waals surface area contributed by atoms with Crippen molar-refractivity contribution in [3.05, 3.63) is 61.6 Å². The number of anilines is 2. The number of hydrogen-bond donors (Lipinski definition) is 2. The lowest BCUT2D eigenvalue weighted by Crippen LogP contribution is -2.14. The Morgan fingerprint density at radius 1 is 1.29 bits per heavy atom. The molecule has 0 saturated carbocycles. The van der Waals surface area contributed by atoms with E-state index in [9.17, 15) is 14.9 Å². The first-order valence-electron chi connectivity index (χ1n) is 5.69. The molecule has 21 heavy (non-hydrogen) atoms. The molecule has 0 fully saturated rings. The van der Waals surface area contributed by atoms with Crippen LogP contribution in [0.2, 0.25) is 5.02 Å². The van der Waals surface area contributed by atoms with Gasteiger partial charge in [-0.1, -0.05) is 11.6 Å². The van der Waals surface area contributed by atoms with Gasteiger partial charge in [0.2, 0.25) is 0 Å². The Bertz CT molecular complexity index is 737. The maximum Gasteiger partial charge on any atom is 0.270 e. The molecular formula is C13H9BrClN3O3. The lowest BCUT2D eigenvalue weighted by Gasteiger charge is -2.09. The number of non-ortho nitro benzene ring substituents is 1. The average molecular weight is 371 g/mol. The summed E-state index contributed by atoms with van der Waals surface area (Å²) in [6.07, 6.45) is 0. The number of nitrogens with two attached hydrogens (primary N) is 1. The second-order valence-corrected chi connectivity index (χ2v) is 5.40. The zero-order valence-corrected chi connectivity index (χ0v) is 12.8. The van der Waals surface area contributed by atoms with E-state index in [0.717, 1.165) is 6.07 Å². The molecule has 0 radical (unpaired) electrons. The number of nitrogen functional groups attached to an aromatic ring is 1. The molecule has 8 heteroatoms. The van der Waals surface area contributed by atoms with E-state index in [1.165, 1.54) is 12.1 Å². The maximum absolute atomic E-state index is 12.2. The fraction of sp³-hybridized carbons (Fsp3) is 0. The summed E-state index contributed by atoms with van der Waals surface area (Å²) in [5.74, 6) is -0.556. The van der Waals surface area contributed by atoms with Crippen molar-refractivity contribution in [1.82, 2.24) is 0 Å². The number of carbonyl (C=O) groups is 1. The number of nitro benzene ring substituents is 1. The van der Waals surface area contributed by atoms with Gasteiger partial charge in [0, 0.05) is 27.3 Å². The van der Waals surface area contributed by atoms with Crippen LogP contribution >= 0.6 is 27.5 Å². The Hall–Kier alpha value is -2.12. The first kappa shape index (κ1) is 15.3. The summed E-state index contributed by atoms with van der Waals surface area (Å²) in [6, 6.07) is 8.57. The normalized spacial score (nSPS) is 10.2. The van der Waals surface area contributed by atoms with Crippen molar-refractivity contribution in [2.75, 3.05) is 11.1 Å². The predicted molar refractivity (Wildman–Crippen MR) is 84.6 cm³/mol. The highest BCUT2D eigenvalue weighted by Gasteiger charge is 2.16. The van der Waals surface area contributed by atoms with Crippen molar-refractivity contribution >= 4 is 50.5 Å². The van der Waals surface area contributed by atoms with E-state index in [4.69, 9.17) is 17.3 Å². The van der Waals surface area contributed by atoms with Gasteiger partial charge in [-0.15, -0.1) is 0 Å². The minimum absolute atomic E-state index is 0.0241. The van der Waals surface area contributed by atoms with E-state index in [-0.39, 0.29) is 16.9 Å². The number of benzene rings is 2. The fourth-order valence-electron chi connectivity index (χ4n) is 1.64. The third kappa shape index (κ3) is 3.50. The van der Waals surface area contributed by atoms with Crippen LogP contribution in [0.25, 0.3) is 0 Å². The maximum atomic E-state index is 12.2. The zero-order chi connectivity index (χ0) is 15.6. The molecule has 0 aromatic heterocycles. The summed E-state index contributed by atoms with van der Waals surface area (Å²) in [4.78, 5) is 22.4. The van der Waals surface area contributed by atoms with Crippen molar-refractivity contribution in [3.63, 3.8) is 0 Å². The number of rotatable bonds is 3. The second-order valence-electron chi connectivity index (χ2n) is 4.11. The van der Waals surface area contributed by atoms with Gasteiger partial charge in [-0.05, 0) is 40.2 Å². The molecule has 0 aliphatic heterocycles.